The SMILES string of the molecule is O=C(Nc1ccc(-n2cnc3cc(NCCCN4CCCC4)ccc3c2=O)nc1)NS(=O)(=O)c1ccc(Cl)s1. The van der Waals surface area contributed by atoms with E-state index in [1.54, 1.807) is 6.07 Å². The van der Waals surface area contributed by atoms with Crippen molar-refractivity contribution >= 4 is 61.3 Å². The molecule has 14 heteroatoms. The van der Waals surface area contributed by atoms with Crippen LogP contribution in [0.15, 0.2) is 64.0 Å². The minimum Gasteiger partial charge on any atom is -0.385 e. The Morgan fingerprint density at radius 3 is 2.56 bits per heavy atom. The topological polar surface area (TPSA) is 138 Å². The number of amides is 2. The molecule has 1 aromatic carbocycles. The molecule has 5 rings (SSSR count). The standard InChI is InChI=1S/C25H26ClN7O4S2/c26-21-7-9-23(38-21)39(36,37)31-25(35)30-18-5-8-22(28-15-18)33-16-29-20-14-17(4-6-19(20)24(33)34)27-10-3-13-32-11-1-2-12-32/h4-9,14-16,27H,1-3,10-13H2,(H2,30,31,35). The number of thiophene rings is 1. The van der Waals surface area contributed by atoms with Crippen molar-refractivity contribution in [2.45, 2.75) is 23.5 Å². The summed E-state index contributed by atoms with van der Waals surface area (Å²) >= 11 is 6.61. The third kappa shape index (κ3) is 6.56. The molecule has 0 aliphatic carbocycles. The van der Waals surface area contributed by atoms with Crippen LogP contribution in [0.5, 0.6) is 0 Å². The van der Waals surface area contributed by atoms with E-state index in [2.05, 4.69) is 25.5 Å². The van der Waals surface area contributed by atoms with Gasteiger partial charge in [-0.05, 0) is 81.4 Å². The van der Waals surface area contributed by atoms with Crippen molar-refractivity contribution in [3.63, 3.8) is 0 Å². The zero-order valence-electron chi connectivity index (χ0n) is 20.8. The van der Waals surface area contributed by atoms with Gasteiger partial charge in [-0.25, -0.2) is 27.9 Å². The molecule has 2 amide bonds. The summed E-state index contributed by atoms with van der Waals surface area (Å²) in [6, 6.07) is 10.3. The summed E-state index contributed by atoms with van der Waals surface area (Å²) < 4.78 is 28.0. The Kier molecular flexibility index (Phi) is 8.12. The van der Waals surface area contributed by atoms with Crippen LogP contribution < -0.4 is 20.9 Å². The van der Waals surface area contributed by atoms with Crippen LogP contribution in [0.4, 0.5) is 16.2 Å². The molecule has 0 atom stereocenters. The average molecular weight is 588 g/mol. The number of nitrogens with zero attached hydrogens (tertiary/aromatic N) is 4. The van der Waals surface area contributed by atoms with Gasteiger partial charge in [-0.2, -0.15) is 0 Å². The van der Waals surface area contributed by atoms with Gasteiger partial charge in [0.2, 0.25) is 0 Å². The Bertz CT molecular complexity index is 1650. The summed E-state index contributed by atoms with van der Waals surface area (Å²) in [7, 11) is -4.06. The summed E-state index contributed by atoms with van der Waals surface area (Å²) in [5.41, 5.74) is 1.43. The number of nitrogens with one attached hydrogen (secondary N) is 3. The number of sulfonamides is 1. The molecule has 204 valence electrons. The fourth-order valence-corrected chi connectivity index (χ4v) is 6.70. The van der Waals surface area contributed by atoms with Gasteiger partial charge >= 0.3 is 6.03 Å². The van der Waals surface area contributed by atoms with Crippen LogP contribution in [0.2, 0.25) is 4.34 Å². The minimum atomic E-state index is -4.06. The van der Waals surface area contributed by atoms with Gasteiger partial charge < -0.3 is 15.5 Å². The molecule has 0 saturated carbocycles. The molecule has 11 nitrogen and oxygen atoms in total. The fourth-order valence-electron chi connectivity index (χ4n) is 4.31. The highest BCUT2D eigenvalue weighted by molar-refractivity contribution is 7.92. The second kappa shape index (κ2) is 11.7. The number of hydrogen-bond donors (Lipinski definition) is 3. The highest BCUT2D eigenvalue weighted by atomic mass is 35.5. The lowest BCUT2D eigenvalue weighted by Crippen LogP contribution is -2.34. The minimum absolute atomic E-state index is 0.0836. The number of aromatic nitrogens is 3. The number of benzene rings is 1. The Morgan fingerprint density at radius 1 is 1.05 bits per heavy atom. The van der Waals surface area contributed by atoms with Gasteiger partial charge in [-0.3, -0.25) is 9.36 Å². The van der Waals surface area contributed by atoms with Gasteiger partial charge in [-0.1, -0.05) is 11.6 Å². The molecular formula is C25H26ClN7O4S2. The van der Waals surface area contributed by atoms with Crippen LogP contribution in [-0.2, 0) is 10.0 Å². The van der Waals surface area contributed by atoms with E-state index in [4.69, 9.17) is 11.6 Å². The molecule has 0 spiro atoms. The maximum Gasteiger partial charge on any atom is 0.333 e. The first-order valence-electron chi connectivity index (χ1n) is 12.3. The summed E-state index contributed by atoms with van der Waals surface area (Å²) in [4.78, 5) is 36.4. The van der Waals surface area contributed by atoms with Gasteiger partial charge in [0.05, 0.1) is 27.1 Å². The number of anilines is 2. The van der Waals surface area contributed by atoms with Crippen molar-refractivity contribution in [3.8, 4) is 5.82 Å². The van der Waals surface area contributed by atoms with Crippen molar-refractivity contribution < 1.29 is 13.2 Å². The highest BCUT2D eigenvalue weighted by Gasteiger charge is 2.20. The summed E-state index contributed by atoms with van der Waals surface area (Å²) in [5.74, 6) is 0.297. The number of halogens is 1. The maximum atomic E-state index is 13.1. The summed E-state index contributed by atoms with van der Waals surface area (Å²) in [5, 5.41) is 6.26. The van der Waals surface area contributed by atoms with E-state index in [1.165, 1.54) is 67.3 Å². The van der Waals surface area contributed by atoms with E-state index in [1.807, 2.05) is 16.9 Å². The van der Waals surface area contributed by atoms with Crippen molar-refractivity contribution in [3.05, 3.63) is 69.7 Å². The number of fused-ring (bicyclic) bond motifs is 1. The average Bonchev–Trinajstić information content (AvgIpc) is 3.59. The largest absolute Gasteiger partial charge is 0.385 e. The number of rotatable bonds is 9. The van der Waals surface area contributed by atoms with E-state index in [0.717, 1.165) is 36.5 Å². The Morgan fingerprint density at radius 2 is 1.85 bits per heavy atom. The van der Waals surface area contributed by atoms with Crippen molar-refractivity contribution in [1.82, 2.24) is 24.2 Å². The van der Waals surface area contributed by atoms with Crippen molar-refractivity contribution in [1.29, 1.82) is 0 Å². The molecule has 3 aromatic heterocycles. The van der Waals surface area contributed by atoms with Gasteiger partial charge in [0.25, 0.3) is 15.6 Å². The molecule has 1 aliphatic heterocycles. The van der Waals surface area contributed by atoms with Gasteiger partial charge in [0.1, 0.15) is 16.4 Å². The molecule has 0 bridgehead atoms. The summed E-state index contributed by atoms with van der Waals surface area (Å²) in [6.45, 7) is 4.30. The van der Waals surface area contributed by atoms with Crippen LogP contribution in [0, 0.1) is 0 Å². The maximum absolute atomic E-state index is 13.1. The van der Waals surface area contributed by atoms with E-state index in [9.17, 15) is 18.0 Å². The zero-order chi connectivity index (χ0) is 27.4. The normalized spacial score (nSPS) is 14.0. The zero-order valence-corrected chi connectivity index (χ0v) is 23.2. The molecule has 0 radical (unpaired) electrons. The lowest BCUT2D eigenvalue weighted by atomic mass is 10.2. The quantitative estimate of drug-likeness (QED) is 0.251. The molecule has 1 saturated heterocycles. The number of carbonyl (C=O) groups excluding carboxylic acids is 1. The first-order valence-corrected chi connectivity index (χ1v) is 15.0. The Hall–Kier alpha value is -3.52. The summed E-state index contributed by atoms with van der Waals surface area (Å²) in [6.07, 6.45) is 6.34. The lowest BCUT2D eigenvalue weighted by molar-refractivity contribution is 0.256. The van der Waals surface area contributed by atoms with Gasteiger partial charge in [0, 0.05) is 12.2 Å². The van der Waals surface area contributed by atoms with Crippen LogP contribution in [0.1, 0.15) is 19.3 Å². The third-order valence-corrected chi connectivity index (χ3v) is 9.29. The van der Waals surface area contributed by atoms with E-state index < -0.39 is 16.1 Å². The van der Waals surface area contributed by atoms with Crippen LogP contribution in [0.3, 0.4) is 0 Å². The number of carbonyl (C=O) groups is 1. The Balaban J connectivity index is 1.21. The van der Waals surface area contributed by atoms with E-state index >= 15 is 0 Å². The lowest BCUT2D eigenvalue weighted by Gasteiger charge is -2.14. The second-order valence-corrected chi connectivity index (χ2v) is 12.6. The molecule has 3 N–H and O–H groups in total. The smallest absolute Gasteiger partial charge is 0.333 e. The van der Waals surface area contributed by atoms with Crippen LogP contribution >= 0.6 is 22.9 Å². The van der Waals surface area contributed by atoms with E-state index in [-0.39, 0.29) is 19.8 Å². The first-order chi connectivity index (χ1) is 18.8. The number of pyridine rings is 1. The third-order valence-electron chi connectivity index (χ3n) is 6.23. The highest BCUT2D eigenvalue weighted by Crippen LogP contribution is 2.25. The van der Waals surface area contributed by atoms with E-state index in [0.29, 0.717) is 16.7 Å². The molecule has 0 unspecified atom stereocenters. The first kappa shape index (κ1) is 27.1. The molecule has 1 aliphatic rings. The van der Waals surface area contributed by atoms with Crippen molar-refractivity contribution in [2.24, 2.45) is 0 Å². The molecular weight excluding hydrogens is 562 g/mol. The van der Waals surface area contributed by atoms with Crippen LogP contribution in [-0.4, -0.2) is 60.1 Å². The number of urea groups is 1. The fraction of sp³-hybridized carbons (Fsp3) is 0.280. The predicted octanol–water partition coefficient (Wildman–Crippen LogP) is 3.90. The number of likely N-dealkylation sites (tertiary alicyclic amines) is 1. The number of hydrogen-bond acceptors (Lipinski definition) is 9. The molecule has 4 heterocycles. The molecule has 39 heavy (non-hydrogen) atoms. The monoisotopic (exact) mass is 587 g/mol. The second-order valence-electron chi connectivity index (χ2n) is 9.00. The predicted molar refractivity (Wildman–Crippen MR) is 153 cm³/mol. The Labute approximate surface area is 233 Å². The van der Waals surface area contributed by atoms with Gasteiger partial charge in [0.15, 0.2) is 0 Å². The van der Waals surface area contributed by atoms with Crippen molar-refractivity contribution in [2.75, 3.05) is 36.8 Å². The molecule has 4 aromatic rings. The molecule has 1 fully saturated rings. The van der Waals surface area contributed by atoms with Gasteiger partial charge in [-0.15, -0.1) is 11.3 Å². The van der Waals surface area contributed by atoms with Crippen LogP contribution in [0.25, 0.3) is 16.7 Å².